The molecule has 2 unspecified atom stereocenters. The number of benzene rings is 2. The van der Waals surface area contributed by atoms with Gasteiger partial charge in [-0.2, -0.15) is 0 Å². The van der Waals surface area contributed by atoms with E-state index in [1.54, 1.807) is 0 Å². The van der Waals surface area contributed by atoms with Crippen molar-refractivity contribution < 1.29 is 14.6 Å². The maximum absolute atomic E-state index is 11.3. The molecular formula is C23H26Br2N2O3. The predicted molar refractivity (Wildman–Crippen MR) is 124 cm³/mol. The molecule has 30 heavy (non-hydrogen) atoms. The van der Waals surface area contributed by atoms with E-state index >= 15 is 0 Å². The average molecular weight is 538 g/mol. The molecule has 4 rings (SSSR count). The first-order valence-corrected chi connectivity index (χ1v) is 12.0. The fourth-order valence-corrected chi connectivity index (χ4v) is 5.99. The number of halogens is 2. The Morgan fingerprint density at radius 1 is 1.07 bits per heavy atom. The van der Waals surface area contributed by atoms with Crippen LogP contribution in [0.25, 0.3) is 0 Å². The highest BCUT2D eigenvalue weighted by Crippen LogP contribution is 2.36. The molecule has 0 spiro atoms. The molecule has 1 N–H and O–H groups in total. The third kappa shape index (κ3) is 5.07. The smallest absolute Gasteiger partial charge is 0.407 e. The second-order valence-electron chi connectivity index (χ2n) is 7.97. The van der Waals surface area contributed by atoms with Crippen molar-refractivity contribution in [1.29, 1.82) is 0 Å². The summed E-state index contributed by atoms with van der Waals surface area (Å²) in [6, 6.07) is 15.0. The van der Waals surface area contributed by atoms with Crippen LogP contribution >= 0.6 is 31.9 Å². The maximum Gasteiger partial charge on any atom is 0.407 e. The molecule has 160 valence electrons. The molecule has 1 amide bonds. The van der Waals surface area contributed by atoms with Gasteiger partial charge in [-0.3, -0.25) is 4.90 Å². The van der Waals surface area contributed by atoms with E-state index in [-0.39, 0.29) is 12.1 Å². The van der Waals surface area contributed by atoms with E-state index in [2.05, 4.69) is 73.2 Å². The molecule has 2 aliphatic rings. The highest BCUT2D eigenvalue weighted by molar-refractivity contribution is 9.11. The Kier molecular flexibility index (Phi) is 7.13. The molecular weight excluding hydrogens is 512 g/mol. The van der Waals surface area contributed by atoms with Crippen LogP contribution in [0, 0.1) is 0 Å². The number of nitrogens with zero attached hydrogens (tertiary/aromatic N) is 2. The minimum absolute atomic E-state index is 0.0720. The first kappa shape index (κ1) is 21.8. The van der Waals surface area contributed by atoms with Crippen LogP contribution < -0.4 is 0 Å². The summed E-state index contributed by atoms with van der Waals surface area (Å²) in [4.78, 5) is 15.3. The highest BCUT2D eigenvalue weighted by atomic mass is 79.9. The van der Waals surface area contributed by atoms with Gasteiger partial charge in [-0.1, -0.05) is 56.1 Å². The molecule has 1 saturated heterocycles. The summed E-state index contributed by atoms with van der Waals surface area (Å²) in [5.41, 5.74) is 3.85. The number of carboxylic acid groups (broad SMARTS) is 1. The summed E-state index contributed by atoms with van der Waals surface area (Å²) in [6.07, 6.45) is 2.39. The molecule has 2 aromatic carbocycles. The zero-order valence-electron chi connectivity index (χ0n) is 16.8. The normalized spacial score (nSPS) is 22.4. The standard InChI is InChI=1S/C23H26Br2N2O3/c24-18-12-16(13-19(25)14-18)15-30-21-7-3-5-17-4-1-2-6-20(17)22(21)26-8-10-27(11-9-26)23(28)29/h1-2,4,6,12-14,21-22H,3,5,7-11,15H2,(H,28,29). The Labute approximate surface area is 194 Å². The topological polar surface area (TPSA) is 53.0 Å². The molecule has 7 heteroatoms. The van der Waals surface area contributed by atoms with E-state index in [9.17, 15) is 9.90 Å². The monoisotopic (exact) mass is 536 g/mol. The van der Waals surface area contributed by atoms with E-state index in [0.717, 1.165) is 46.9 Å². The van der Waals surface area contributed by atoms with E-state index in [0.29, 0.717) is 19.7 Å². The van der Waals surface area contributed by atoms with Crippen LogP contribution in [-0.2, 0) is 17.8 Å². The lowest BCUT2D eigenvalue weighted by atomic mass is 9.95. The Bertz CT molecular complexity index is 880. The molecule has 1 heterocycles. The molecule has 0 bridgehead atoms. The first-order chi connectivity index (χ1) is 14.5. The van der Waals surface area contributed by atoms with E-state index in [1.165, 1.54) is 16.0 Å². The highest BCUT2D eigenvalue weighted by Gasteiger charge is 2.35. The van der Waals surface area contributed by atoms with Crippen LogP contribution in [0.1, 0.15) is 35.6 Å². The summed E-state index contributed by atoms with van der Waals surface area (Å²) in [5, 5.41) is 9.32. The molecule has 1 aliphatic carbocycles. The lowest BCUT2D eigenvalue weighted by Gasteiger charge is -2.41. The average Bonchev–Trinajstić information content (AvgIpc) is 2.91. The zero-order chi connectivity index (χ0) is 21.1. The molecule has 0 aromatic heterocycles. The summed E-state index contributed by atoms with van der Waals surface area (Å²) in [5.74, 6) is 0. The summed E-state index contributed by atoms with van der Waals surface area (Å²) in [7, 11) is 0. The van der Waals surface area contributed by atoms with Crippen LogP contribution in [0.4, 0.5) is 4.79 Å². The van der Waals surface area contributed by atoms with Gasteiger partial charge in [0.25, 0.3) is 0 Å². The van der Waals surface area contributed by atoms with E-state index < -0.39 is 6.09 Å². The van der Waals surface area contributed by atoms with Gasteiger partial charge >= 0.3 is 6.09 Å². The fourth-order valence-electron chi connectivity index (χ4n) is 4.60. The summed E-state index contributed by atoms with van der Waals surface area (Å²) < 4.78 is 8.60. The second kappa shape index (κ2) is 9.81. The van der Waals surface area contributed by atoms with E-state index in [1.807, 2.05) is 6.07 Å². The van der Waals surface area contributed by atoms with Crippen molar-refractivity contribution in [1.82, 2.24) is 9.80 Å². The maximum atomic E-state index is 11.3. The number of aryl methyl sites for hydroxylation is 1. The zero-order valence-corrected chi connectivity index (χ0v) is 19.9. The molecule has 1 fully saturated rings. The van der Waals surface area contributed by atoms with Crippen molar-refractivity contribution in [3.63, 3.8) is 0 Å². The molecule has 5 nitrogen and oxygen atoms in total. The molecule has 0 radical (unpaired) electrons. The van der Waals surface area contributed by atoms with Gasteiger partial charge in [-0.05, 0) is 54.2 Å². The third-order valence-electron chi connectivity index (χ3n) is 6.03. The number of carbonyl (C=O) groups is 1. The fraction of sp³-hybridized carbons (Fsp3) is 0.435. The summed E-state index contributed by atoms with van der Waals surface area (Å²) in [6.45, 7) is 3.09. The number of fused-ring (bicyclic) bond motifs is 1. The third-order valence-corrected chi connectivity index (χ3v) is 6.94. The van der Waals surface area contributed by atoms with Gasteiger partial charge in [0.2, 0.25) is 0 Å². The number of rotatable bonds is 4. The van der Waals surface area contributed by atoms with Crippen molar-refractivity contribution in [2.45, 2.75) is 38.0 Å². The lowest BCUT2D eigenvalue weighted by molar-refractivity contribution is -0.0393. The second-order valence-corrected chi connectivity index (χ2v) is 9.80. The van der Waals surface area contributed by atoms with Crippen molar-refractivity contribution in [2.75, 3.05) is 26.2 Å². The molecule has 2 atom stereocenters. The largest absolute Gasteiger partial charge is 0.465 e. The lowest BCUT2D eigenvalue weighted by Crippen LogP contribution is -2.51. The molecule has 1 aliphatic heterocycles. The van der Waals surface area contributed by atoms with Gasteiger partial charge in [-0.15, -0.1) is 0 Å². The van der Waals surface area contributed by atoms with Crippen LogP contribution in [0.3, 0.4) is 0 Å². The van der Waals surface area contributed by atoms with Gasteiger partial charge in [0.1, 0.15) is 0 Å². The van der Waals surface area contributed by atoms with Crippen LogP contribution in [0.5, 0.6) is 0 Å². The Balaban J connectivity index is 1.56. The predicted octanol–water partition coefficient (Wildman–Crippen LogP) is 5.47. The van der Waals surface area contributed by atoms with Crippen LogP contribution in [0.15, 0.2) is 51.4 Å². The van der Waals surface area contributed by atoms with Crippen molar-refractivity contribution in [2.24, 2.45) is 0 Å². The Morgan fingerprint density at radius 3 is 2.47 bits per heavy atom. The van der Waals surface area contributed by atoms with Gasteiger partial charge in [0.15, 0.2) is 0 Å². The SMILES string of the molecule is O=C(O)N1CCN(C2c3ccccc3CCCC2OCc2cc(Br)cc(Br)c2)CC1. The van der Waals surface area contributed by atoms with Gasteiger partial charge < -0.3 is 14.7 Å². The quantitative estimate of drug-likeness (QED) is 0.525. The minimum atomic E-state index is -0.830. The Morgan fingerprint density at radius 2 is 1.77 bits per heavy atom. The van der Waals surface area contributed by atoms with Crippen LogP contribution in [-0.4, -0.2) is 53.3 Å². The van der Waals surface area contributed by atoms with Gasteiger partial charge in [-0.25, -0.2) is 4.79 Å². The molecule has 2 aromatic rings. The van der Waals surface area contributed by atoms with Crippen molar-refractivity contribution in [3.05, 3.63) is 68.1 Å². The van der Waals surface area contributed by atoms with Crippen molar-refractivity contribution in [3.8, 4) is 0 Å². The number of amides is 1. The summed E-state index contributed by atoms with van der Waals surface area (Å²) >= 11 is 7.12. The van der Waals surface area contributed by atoms with Crippen LogP contribution in [0.2, 0.25) is 0 Å². The number of piperazine rings is 1. The van der Waals surface area contributed by atoms with Gasteiger partial charge in [0, 0.05) is 35.1 Å². The van der Waals surface area contributed by atoms with Gasteiger partial charge in [0.05, 0.1) is 18.8 Å². The van der Waals surface area contributed by atoms with Crippen molar-refractivity contribution >= 4 is 38.0 Å². The minimum Gasteiger partial charge on any atom is -0.465 e. The number of hydrogen-bond acceptors (Lipinski definition) is 3. The Hall–Kier alpha value is -1.41. The first-order valence-electron chi connectivity index (χ1n) is 10.4. The number of hydrogen-bond donors (Lipinski definition) is 1. The number of ether oxygens (including phenoxy) is 1. The van der Waals surface area contributed by atoms with E-state index in [4.69, 9.17) is 4.74 Å². The molecule has 0 saturated carbocycles.